The number of hydrogen-bond acceptors (Lipinski definition) is 2. The minimum Gasteiger partial charge on any atom is -0.400 e. The van der Waals surface area contributed by atoms with Crippen LogP contribution in [0.5, 0.6) is 0 Å². The van der Waals surface area contributed by atoms with E-state index in [-0.39, 0.29) is 11.4 Å². The molecule has 0 radical (unpaired) electrons. The van der Waals surface area contributed by atoms with Gasteiger partial charge < -0.3 is 11.1 Å². The molecule has 3 nitrogen and oxygen atoms in total. The summed E-state index contributed by atoms with van der Waals surface area (Å²) in [5, 5.41) is 2.86. The Labute approximate surface area is 59.3 Å². The fourth-order valence-corrected chi connectivity index (χ4v) is 1.57. The average Bonchev–Trinajstić information content (AvgIpc) is 2.04. The van der Waals surface area contributed by atoms with Gasteiger partial charge in [0.1, 0.15) is 0 Å². The number of nitrogens with one attached hydrogen (secondary N) is 1. The van der Waals surface area contributed by atoms with Gasteiger partial charge in [0.05, 0.1) is 5.54 Å². The Kier molecular flexibility index (Phi) is 0.886. The summed E-state index contributed by atoms with van der Waals surface area (Å²) in [5.74, 6) is -0.0304. The zero-order valence-electron chi connectivity index (χ0n) is 5.68. The predicted molar refractivity (Wildman–Crippen MR) is 37.0 cm³/mol. The van der Waals surface area contributed by atoms with Crippen LogP contribution < -0.4 is 11.1 Å². The quantitative estimate of drug-likeness (QED) is 0.490. The highest BCUT2D eigenvalue weighted by Gasteiger charge is 2.44. The maximum Gasteiger partial charge on any atom is 0.246 e. The molecule has 1 aliphatic heterocycles. The van der Waals surface area contributed by atoms with E-state index in [0.717, 1.165) is 18.5 Å². The molecule has 0 aromatic carbocycles. The monoisotopic (exact) mass is 138 g/mol. The molecule has 1 heterocycles. The Morgan fingerprint density at radius 3 is 2.50 bits per heavy atom. The van der Waals surface area contributed by atoms with Crippen molar-refractivity contribution in [1.29, 1.82) is 0 Å². The van der Waals surface area contributed by atoms with Crippen molar-refractivity contribution in [3.8, 4) is 0 Å². The molecule has 0 bridgehead atoms. The molecule has 1 spiro atoms. The van der Waals surface area contributed by atoms with Crippen LogP contribution in [0, 0.1) is 0 Å². The molecule has 0 saturated heterocycles. The second-order valence-electron chi connectivity index (χ2n) is 3.02. The first kappa shape index (κ1) is 5.77. The molecule has 1 saturated carbocycles. The second-order valence-corrected chi connectivity index (χ2v) is 3.02. The van der Waals surface area contributed by atoms with Crippen LogP contribution in [0.4, 0.5) is 0 Å². The average molecular weight is 138 g/mol. The Bertz CT molecular complexity index is 216. The van der Waals surface area contributed by atoms with Gasteiger partial charge in [-0.05, 0) is 19.3 Å². The lowest BCUT2D eigenvalue weighted by molar-refractivity contribution is -0.117. The number of nitrogens with two attached hydrogens (primary N) is 1. The molecule has 1 amide bonds. The Hall–Kier alpha value is -0.990. The maximum atomic E-state index is 10.8. The zero-order chi connectivity index (χ0) is 7.19. The number of carbonyl (C=O) groups is 1. The largest absolute Gasteiger partial charge is 0.400 e. The van der Waals surface area contributed by atoms with Crippen molar-refractivity contribution in [2.45, 2.75) is 24.8 Å². The van der Waals surface area contributed by atoms with Crippen LogP contribution >= 0.6 is 0 Å². The summed E-state index contributed by atoms with van der Waals surface area (Å²) in [6.45, 7) is 0. The lowest BCUT2D eigenvalue weighted by atomic mass is 9.76. The van der Waals surface area contributed by atoms with Gasteiger partial charge in [-0.1, -0.05) is 0 Å². The molecule has 10 heavy (non-hydrogen) atoms. The third-order valence-corrected chi connectivity index (χ3v) is 2.41. The van der Waals surface area contributed by atoms with Crippen molar-refractivity contribution < 1.29 is 4.79 Å². The van der Waals surface area contributed by atoms with E-state index in [2.05, 4.69) is 5.32 Å². The summed E-state index contributed by atoms with van der Waals surface area (Å²) in [6, 6.07) is 0. The van der Waals surface area contributed by atoms with Crippen LogP contribution in [0.2, 0.25) is 0 Å². The summed E-state index contributed by atoms with van der Waals surface area (Å²) < 4.78 is 0. The van der Waals surface area contributed by atoms with E-state index in [0.29, 0.717) is 0 Å². The van der Waals surface area contributed by atoms with Crippen molar-refractivity contribution >= 4 is 5.91 Å². The first-order chi connectivity index (χ1) is 4.73. The van der Waals surface area contributed by atoms with Crippen LogP contribution in [-0.2, 0) is 4.79 Å². The number of amides is 1. The molecular formula is C7H10N2O. The van der Waals surface area contributed by atoms with E-state index in [1.165, 1.54) is 12.5 Å². The van der Waals surface area contributed by atoms with Crippen molar-refractivity contribution in [3.63, 3.8) is 0 Å². The van der Waals surface area contributed by atoms with Gasteiger partial charge >= 0.3 is 0 Å². The van der Waals surface area contributed by atoms with Crippen molar-refractivity contribution in [1.82, 2.24) is 5.32 Å². The summed E-state index contributed by atoms with van der Waals surface area (Å²) in [6.07, 6.45) is 4.70. The van der Waals surface area contributed by atoms with E-state index < -0.39 is 0 Å². The van der Waals surface area contributed by atoms with E-state index in [1.807, 2.05) is 0 Å². The molecule has 2 aliphatic rings. The number of hydrogen-bond donors (Lipinski definition) is 2. The van der Waals surface area contributed by atoms with Gasteiger partial charge in [0.15, 0.2) is 0 Å². The number of carbonyl (C=O) groups excluding carboxylic acids is 1. The highest BCUT2D eigenvalue weighted by molar-refractivity contribution is 5.92. The molecule has 0 atom stereocenters. The third kappa shape index (κ3) is 0.523. The molecule has 1 fully saturated rings. The van der Waals surface area contributed by atoms with Crippen LogP contribution in [0.25, 0.3) is 0 Å². The van der Waals surface area contributed by atoms with Gasteiger partial charge in [-0.25, -0.2) is 0 Å². The van der Waals surface area contributed by atoms with E-state index in [9.17, 15) is 4.79 Å². The fourth-order valence-electron chi connectivity index (χ4n) is 1.57. The smallest absolute Gasteiger partial charge is 0.246 e. The lowest BCUT2D eigenvalue weighted by Gasteiger charge is -2.39. The molecular weight excluding hydrogens is 128 g/mol. The minimum absolute atomic E-state index is 0.0304. The van der Waals surface area contributed by atoms with Crippen molar-refractivity contribution in [2.24, 2.45) is 5.73 Å². The zero-order valence-corrected chi connectivity index (χ0v) is 5.68. The maximum absolute atomic E-state index is 10.8. The van der Waals surface area contributed by atoms with Gasteiger partial charge in [-0.15, -0.1) is 0 Å². The number of rotatable bonds is 0. The normalized spacial score (nSPS) is 27.6. The summed E-state index contributed by atoms with van der Waals surface area (Å²) in [7, 11) is 0. The topological polar surface area (TPSA) is 55.1 Å². The minimum atomic E-state index is -0.114. The molecule has 0 unspecified atom stereocenters. The van der Waals surface area contributed by atoms with Gasteiger partial charge in [0.25, 0.3) is 0 Å². The third-order valence-electron chi connectivity index (χ3n) is 2.41. The highest BCUT2D eigenvalue weighted by atomic mass is 16.1. The molecule has 54 valence electrons. The SMILES string of the molecule is NC1=CC(=O)NC12CCC2. The summed E-state index contributed by atoms with van der Waals surface area (Å²) in [4.78, 5) is 10.8. The van der Waals surface area contributed by atoms with Crippen molar-refractivity contribution in [2.75, 3.05) is 0 Å². The van der Waals surface area contributed by atoms with Crippen LogP contribution in [0.1, 0.15) is 19.3 Å². The van der Waals surface area contributed by atoms with Crippen LogP contribution in [-0.4, -0.2) is 11.4 Å². The van der Waals surface area contributed by atoms with E-state index in [1.54, 1.807) is 0 Å². The highest BCUT2D eigenvalue weighted by Crippen LogP contribution is 2.38. The Morgan fingerprint density at radius 1 is 1.60 bits per heavy atom. The molecule has 3 heteroatoms. The first-order valence-corrected chi connectivity index (χ1v) is 3.53. The first-order valence-electron chi connectivity index (χ1n) is 3.53. The van der Waals surface area contributed by atoms with Gasteiger partial charge in [0.2, 0.25) is 5.91 Å². The van der Waals surface area contributed by atoms with Gasteiger partial charge in [0, 0.05) is 11.8 Å². The molecule has 1 aliphatic carbocycles. The molecule has 0 aromatic heterocycles. The fraction of sp³-hybridized carbons (Fsp3) is 0.571. The molecule has 2 rings (SSSR count). The van der Waals surface area contributed by atoms with Gasteiger partial charge in [-0.3, -0.25) is 4.79 Å². The van der Waals surface area contributed by atoms with Crippen LogP contribution in [0.15, 0.2) is 11.8 Å². The van der Waals surface area contributed by atoms with Gasteiger partial charge in [-0.2, -0.15) is 0 Å². The second kappa shape index (κ2) is 1.54. The summed E-state index contributed by atoms with van der Waals surface area (Å²) in [5.41, 5.74) is 6.25. The van der Waals surface area contributed by atoms with E-state index in [4.69, 9.17) is 5.73 Å². The van der Waals surface area contributed by atoms with Crippen LogP contribution in [0.3, 0.4) is 0 Å². The Morgan fingerprint density at radius 2 is 2.30 bits per heavy atom. The Balaban J connectivity index is 2.27. The van der Waals surface area contributed by atoms with Crippen molar-refractivity contribution in [3.05, 3.63) is 11.8 Å². The molecule has 3 N–H and O–H groups in total. The summed E-state index contributed by atoms with van der Waals surface area (Å²) >= 11 is 0. The van der Waals surface area contributed by atoms with E-state index >= 15 is 0 Å². The standard InChI is InChI=1S/C7H10N2O/c8-5-4-6(10)9-7(5)2-1-3-7/h4H,1-3,8H2,(H,9,10). The molecule has 0 aromatic rings. The lowest BCUT2D eigenvalue weighted by Crippen LogP contribution is -2.51. The predicted octanol–water partition coefficient (Wildman–Crippen LogP) is -0.119.